The Kier molecular flexibility index (Phi) is 16.4. The molecule has 0 aromatic carbocycles. The Balaban J connectivity index is 4.17. The lowest BCUT2D eigenvalue weighted by Gasteiger charge is -2.13. The van der Waals surface area contributed by atoms with Gasteiger partial charge in [-0.25, -0.2) is 8.42 Å². The SMILES string of the molecule is CCCCCCCCC(C#N)CS(=O)(=O)CC(C#N)CCCCCCCC. The van der Waals surface area contributed by atoms with E-state index < -0.39 is 21.7 Å². The van der Waals surface area contributed by atoms with Crippen LogP contribution in [0.4, 0.5) is 0 Å². The van der Waals surface area contributed by atoms with Crippen LogP contribution >= 0.6 is 0 Å². The molecule has 2 unspecified atom stereocenters. The van der Waals surface area contributed by atoms with Crippen molar-refractivity contribution in [2.45, 2.75) is 104 Å². The summed E-state index contributed by atoms with van der Waals surface area (Å²) in [5, 5.41) is 18.6. The molecule has 0 aromatic heterocycles. The van der Waals surface area contributed by atoms with Crippen molar-refractivity contribution < 1.29 is 8.42 Å². The minimum Gasteiger partial charge on any atom is -0.229 e. The largest absolute Gasteiger partial charge is 0.229 e. The molecule has 0 N–H and O–H groups in total. The van der Waals surface area contributed by atoms with Crippen molar-refractivity contribution in [1.29, 1.82) is 10.5 Å². The van der Waals surface area contributed by atoms with Gasteiger partial charge in [0.15, 0.2) is 9.84 Å². The maximum Gasteiger partial charge on any atom is 0.152 e. The second kappa shape index (κ2) is 17.1. The third-order valence-corrected chi connectivity index (χ3v) is 6.91. The average molecular weight is 397 g/mol. The fraction of sp³-hybridized carbons (Fsp3) is 0.909. The first-order chi connectivity index (χ1) is 13.0. The summed E-state index contributed by atoms with van der Waals surface area (Å²) in [5.41, 5.74) is 0. The maximum absolute atomic E-state index is 12.4. The van der Waals surface area contributed by atoms with Crippen molar-refractivity contribution in [2.24, 2.45) is 11.8 Å². The molecule has 0 heterocycles. The smallest absolute Gasteiger partial charge is 0.152 e. The quantitative estimate of drug-likeness (QED) is 0.259. The normalized spacial score (nSPS) is 13.6. The van der Waals surface area contributed by atoms with E-state index >= 15 is 0 Å². The van der Waals surface area contributed by atoms with E-state index in [0.29, 0.717) is 12.8 Å². The molecule has 0 aromatic rings. The molecule has 0 rings (SSSR count). The van der Waals surface area contributed by atoms with Gasteiger partial charge in [0, 0.05) is 0 Å². The minimum atomic E-state index is -3.35. The lowest BCUT2D eigenvalue weighted by molar-refractivity contribution is 0.523. The number of nitrogens with zero attached hydrogens (tertiary/aromatic N) is 2. The van der Waals surface area contributed by atoms with E-state index in [1.54, 1.807) is 0 Å². The van der Waals surface area contributed by atoms with Crippen LogP contribution in [0.25, 0.3) is 0 Å². The summed E-state index contributed by atoms with van der Waals surface area (Å²) in [6, 6.07) is 4.32. The first-order valence-corrected chi connectivity index (χ1v) is 12.8. The highest BCUT2D eigenvalue weighted by Gasteiger charge is 2.23. The standard InChI is InChI=1S/C22H40N2O2S/c1-3-5-7-9-11-13-15-21(17-23)19-27(25,26)20-22(18-24)16-14-12-10-8-6-4-2/h21-22H,3-16,19-20H2,1-2H3. The molecule has 4 nitrogen and oxygen atoms in total. The molecule has 0 aliphatic rings. The Labute approximate surface area is 168 Å². The van der Waals surface area contributed by atoms with Gasteiger partial charge in [0.1, 0.15) is 0 Å². The minimum absolute atomic E-state index is 0.0901. The molecule has 0 spiro atoms. The molecule has 0 saturated heterocycles. The Morgan fingerprint density at radius 1 is 0.630 bits per heavy atom. The lowest BCUT2D eigenvalue weighted by atomic mass is 10.0. The van der Waals surface area contributed by atoms with Crippen molar-refractivity contribution in [3.8, 4) is 12.1 Å². The van der Waals surface area contributed by atoms with Crippen molar-refractivity contribution in [3.63, 3.8) is 0 Å². The molecule has 0 radical (unpaired) electrons. The summed E-state index contributed by atoms with van der Waals surface area (Å²) in [6.45, 7) is 4.36. The van der Waals surface area contributed by atoms with E-state index in [1.165, 1.54) is 38.5 Å². The molecule has 5 heteroatoms. The monoisotopic (exact) mass is 396 g/mol. The summed E-state index contributed by atoms with van der Waals surface area (Å²) >= 11 is 0. The summed E-state index contributed by atoms with van der Waals surface area (Å²) in [4.78, 5) is 0. The predicted molar refractivity (Wildman–Crippen MR) is 113 cm³/mol. The summed E-state index contributed by atoms with van der Waals surface area (Å²) in [6.07, 6.45) is 14.9. The number of hydrogen-bond acceptors (Lipinski definition) is 4. The van der Waals surface area contributed by atoms with Gasteiger partial charge < -0.3 is 0 Å². The molecule has 27 heavy (non-hydrogen) atoms. The van der Waals surface area contributed by atoms with Gasteiger partial charge in [-0.05, 0) is 12.8 Å². The van der Waals surface area contributed by atoms with Crippen LogP contribution in [0.2, 0.25) is 0 Å². The topological polar surface area (TPSA) is 81.7 Å². The van der Waals surface area contributed by atoms with Crippen LogP contribution in [0.3, 0.4) is 0 Å². The Hall–Kier alpha value is -1.07. The number of hydrogen-bond donors (Lipinski definition) is 0. The lowest BCUT2D eigenvalue weighted by Crippen LogP contribution is -2.22. The number of unbranched alkanes of at least 4 members (excludes halogenated alkanes) is 10. The van der Waals surface area contributed by atoms with Gasteiger partial charge in [0.2, 0.25) is 0 Å². The van der Waals surface area contributed by atoms with Crippen LogP contribution in [0, 0.1) is 34.5 Å². The van der Waals surface area contributed by atoms with Crippen molar-refractivity contribution in [1.82, 2.24) is 0 Å². The van der Waals surface area contributed by atoms with Crippen molar-refractivity contribution >= 4 is 9.84 Å². The third-order valence-electron chi connectivity index (χ3n) is 5.09. The van der Waals surface area contributed by atoms with Crippen LogP contribution in [-0.2, 0) is 9.84 Å². The fourth-order valence-corrected chi connectivity index (χ4v) is 5.24. The molecule has 0 bridgehead atoms. The van der Waals surface area contributed by atoms with Gasteiger partial charge in [0.25, 0.3) is 0 Å². The van der Waals surface area contributed by atoms with E-state index in [-0.39, 0.29) is 11.5 Å². The summed E-state index contributed by atoms with van der Waals surface area (Å²) in [7, 11) is -3.35. The number of nitriles is 2. The van der Waals surface area contributed by atoms with Crippen LogP contribution in [0.15, 0.2) is 0 Å². The van der Waals surface area contributed by atoms with Gasteiger partial charge in [-0.15, -0.1) is 0 Å². The van der Waals surface area contributed by atoms with Crippen molar-refractivity contribution in [2.75, 3.05) is 11.5 Å². The van der Waals surface area contributed by atoms with E-state index in [0.717, 1.165) is 38.5 Å². The van der Waals surface area contributed by atoms with Crippen LogP contribution < -0.4 is 0 Å². The molecular weight excluding hydrogens is 356 g/mol. The molecule has 0 aliphatic carbocycles. The van der Waals surface area contributed by atoms with Crippen LogP contribution in [-0.4, -0.2) is 19.9 Å². The number of sulfone groups is 1. The van der Waals surface area contributed by atoms with Crippen LogP contribution in [0.5, 0.6) is 0 Å². The third kappa shape index (κ3) is 15.7. The highest BCUT2D eigenvalue weighted by atomic mass is 32.2. The Morgan fingerprint density at radius 2 is 0.963 bits per heavy atom. The summed E-state index contributed by atoms with van der Waals surface area (Å²) < 4.78 is 24.8. The van der Waals surface area contributed by atoms with E-state index in [4.69, 9.17) is 0 Å². The van der Waals surface area contributed by atoms with E-state index in [2.05, 4.69) is 26.0 Å². The fourth-order valence-electron chi connectivity index (χ4n) is 3.39. The molecule has 0 amide bonds. The highest BCUT2D eigenvalue weighted by Crippen LogP contribution is 2.18. The first-order valence-electron chi connectivity index (χ1n) is 11.0. The molecular formula is C22H40N2O2S. The second-order valence-electron chi connectivity index (χ2n) is 7.84. The number of rotatable bonds is 18. The Morgan fingerprint density at radius 3 is 1.30 bits per heavy atom. The van der Waals surface area contributed by atoms with Gasteiger partial charge >= 0.3 is 0 Å². The van der Waals surface area contributed by atoms with E-state index in [9.17, 15) is 18.9 Å². The second-order valence-corrected chi connectivity index (χ2v) is 10.00. The molecule has 0 aliphatic heterocycles. The molecule has 156 valence electrons. The van der Waals surface area contributed by atoms with Gasteiger partial charge in [-0.3, -0.25) is 0 Å². The van der Waals surface area contributed by atoms with Gasteiger partial charge in [-0.2, -0.15) is 10.5 Å². The van der Waals surface area contributed by atoms with E-state index in [1.807, 2.05) is 0 Å². The zero-order valence-corrected chi connectivity index (χ0v) is 18.4. The Bertz CT molecular complexity index is 489. The summed E-state index contributed by atoms with van der Waals surface area (Å²) in [5.74, 6) is -1.05. The van der Waals surface area contributed by atoms with Crippen LogP contribution in [0.1, 0.15) is 104 Å². The van der Waals surface area contributed by atoms with Crippen molar-refractivity contribution in [3.05, 3.63) is 0 Å². The first kappa shape index (κ1) is 25.9. The molecule has 2 atom stereocenters. The molecule has 0 saturated carbocycles. The van der Waals surface area contributed by atoms with Gasteiger partial charge in [-0.1, -0.05) is 90.9 Å². The molecule has 0 fully saturated rings. The zero-order valence-electron chi connectivity index (χ0n) is 17.6. The van der Waals surface area contributed by atoms with Gasteiger partial charge in [0.05, 0.1) is 35.5 Å². The zero-order chi connectivity index (χ0) is 20.4. The predicted octanol–water partition coefficient (Wildman–Crippen LogP) is 6.18. The average Bonchev–Trinajstić information content (AvgIpc) is 2.65. The highest BCUT2D eigenvalue weighted by molar-refractivity contribution is 7.91. The maximum atomic E-state index is 12.4.